The third-order valence-corrected chi connectivity index (χ3v) is 11.2. The number of rotatable bonds is 47. The average Bonchev–Trinajstić information content (AvgIpc) is 3.28. The molecule has 0 saturated carbocycles. The molecule has 1 atom stereocenters. The van der Waals surface area contributed by atoms with Gasteiger partial charge in [0.1, 0.15) is 13.2 Å². The lowest BCUT2D eigenvalue weighted by atomic mass is 10.1. The van der Waals surface area contributed by atoms with Crippen molar-refractivity contribution in [2.45, 2.75) is 258 Å². The lowest BCUT2D eigenvalue weighted by Crippen LogP contribution is -2.30. The first kappa shape index (κ1) is 59.9. The molecule has 0 spiro atoms. The topological polar surface area (TPSA) is 78.9 Å². The third kappa shape index (κ3) is 49.7. The average molecular weight is 879 g/mol. The molecule has 6 nitrogen and oxygen atoms in total. The van der Waals surface area contributed by atoms with E-state index < -0.39 is 6.10 Å². The van der Waals surface area contributed by atoms with Crippen LogP contribution in [-0.4, -0.2) is 37.2 Å². The first-order valence-corrected chi connectivity index (χ1v) is 26.4. The van der Waals surface area contributed by atoms with Crippen LogP contribution in [0.4, 0.5) is 0 Å². The van der Waals surface area contributed by atoms with Crippen molar-refractivity contribution >= 4 is 17.9 Å². The highest BCUT2D eigenvalue weighted by Gasteiger charge is 2.19. The van der Waals surface area contributed by atoms with Crippen molar-refractivity contribution in [1.82, 2.24) is 0 Å². The first-order chi connectivity index (χ1) is 31.0. The van der Waals surface area contributed by atoms with Crippen LogP contribution in [0.3, 0.4) is 0 Å². The first-order valence-electron chi connectivity index (χ1n) is 26.4. The second-order valence-electron chi connectivity index (χ2n) is 17.4. The fourth-order valence-corrected chi connectivity index (χ4v) is 7.19. The largest absolute Gasteiger partial charge is 0.462 e. The monoisotopic (exact) mass is 879 g/mol. The van der Waals surface area contributed by atoms with Gasteiger partial charge in [-0.3, -0.25) is 14.4 Å². The Morgan fingerprint density at radius 2 is 0.619 bits per heavy atom. The normalized spacial score (nSPS) is 12.6. The van der Waals surface area contributed by atoms with Crippen LogP contribution in [0.15, 0.2) is 72.9 Å². The second-order valence-corrected chi connectivity index (χ2v) is 17.4. The second kappa shape index (κ2) is 51.5. The molecule has 63 heavy (non-hydrogen) atoms. The zero-order chi connectivity index (χ0) is 45.8. The van der Waals surface area contributed by atoms with Crippen LogP contribution in [-0.2, 0) is 28.6 Å². The van der Waals surface area contributed by atoms with Crippen LogP contribution in [0, 0.1) is 0 Å². The zero-order valence-electron chi connectivity index (χ0n) is 41.3. The van der Waals surface area contributed by atoms with Crippen molar-refractivity contribution in [2.24, 2.45) is 0 Å². The molecule has 0 aromatic carbocycles. The molecule has 0 aliphatic carbocycles. The number of ether oxygens (including phenoxy) is 3. The van der Waals surface area contributed by atoms with E-state index in [9.17, 15) is 14.4 Å². The minimum atomic E-state index is -0.796. The molecule has 0 aromatic rings. The molecule has 0 bridgehead atoms. The number of carbonyl (C=O) groups is 3. The summed E-state index contributed by atoms with van der Waals surface area (Å²) in [4.78, 5) is 38.0. The molecule has 362 valence electrons. The van der Waals surface area contributed by atoms with Crippen LogP contribution >= 0.6 is 0 Å². The van der Waals surface area contributed by atoms with Crippen LogP contribution in [0.1, 0.15) is 252 Å². The van der Waals surface area contributed by atoms with Crippen molar-refractivity contribution in [1.29, 1.82) is 0 Å². The Hall–Kier alpha value is -3.15. The van der Waals surface area contributed by atoms with Gasteiger partial charge in [-0.1, -0.05) is 196 Å². The van der Waals surface area contributed by atoms with Crippen molar-refractivity contribution in [3.05, 3.63) is 72.9 Å². The molecular formula is C57H98O6. The summed E-state index contributed by atoms with van der Waals surface area (Å²) in [5, 5.41) is 0. The molecule has 0 fully saturated rings. The standard InChI is InChI=1S/C57H98O6/c1-4-7-10-13-16-19-22-25-27-28-30-32-35-38-41-44-47-50-56(59)62-53-54(52-61-55(58)49-46-43-40-37-34-31-24-21-18-15-12-9-6-3)63-57(60)51-48-45-42-39-36-33-29-26-23-20-17-14-11-8-5-2/h9,12,17-18,20-21,25-27,29,31,34,54H,4-8,10-11,13-16,19,22-24,28,30,32-33,35-53H2,1-3H3/b12-9-,20-17-,21-18-,27-25-,29-26-,34-31-. The summed E-state index contributed by atoms with van der Waals surface area (Å²) >= 11 is 0. The Morgan fingerprint density at radius 1 is 0.333 bits per heavy atom. The Labute approximate surface area is 389 Å². The van der Waals surface area contributed by atoms with Gasteiger partial charge in [0, 0.05) is 19.3 Å². The van der Waals surface area contributed by atoms with E-state index in [2.05, 4.69) is 93.7 Å². The number of hydrogen-bond acceptors (Lipinski definition) is 6. The third-order valence-electron chi connectivity index (χ3n) is 11.2. The quantitative estimate of drug-likeness (QED) is 0.0262. The van der Waals surface area contributed by atoms with Crippen molar-refractivity contribution < 1.29 is 28.6 Å². The maximum Gasteiger partial charge on any atom is 0.306 e. The van der Waals surface area contributed by atoms with Crippen LogP contribution < -0.4 is 0 Å². The fourth-order valence-electron chi connectivity index (χ4n) is 7.19. The van der Waals surface area contributed by atoms with Gasteiger partial charge >= 0.3 is 17.9 Å². The number of carbonyl (C=O) groups excluding carboxylic acids is 3. The minimum Gasteiger partial charge on any atom is -0.462 e. The van der Waals surface area contributed by atoms with Gasteiger partial charge < -0.3 is 14.2 Å². The molecule has 0 N–H and O–H groups in total. The minimum absolute atomic E-state index is 0.0929. The summed E-state index contributed by atoms with van der Waals surface area (Å²) in [6.45, 7) is 6.46. The smallest absolute Gasteiger partial charge is 0.306 e. The molecule has 0 heterocycles. The van der Waals surface area contributed by atoms with Gasteiger partial charge in [0.25, 0.3) is 0 Å². The van der Waals surface area contributed by atoms with Crippen LogP contribution in [0.25, 0.3) is 0 Å². The lowest BCUT2D eigenvalue weighted by molar-refractivity contribution is -0.167. The molecule has 0 aliphatic rings. The molecule has 0 aliphatic heterocycles. The molecule has 0 saturated heterocycles. The lowest BCUT2D eigenvalue weighted by Gasteiger charge is -2.18. The van der Waals surface area contributed by atoms with Gasteiger partial charge in [0.15, 0.2) is 6.10 Å². The van der Waals surface area contributed by atoms with Gasteiger partial charge in [0.2, 0.25) is 0 Å². The SMILES string of the molecule is CC/C=C\C/C=C\C/C=C\CCCCCC(=O)OCC(COC(=O)CCCCCCCCC/C=C\CCCCCCCC)OC(=O)CCCCCCC/C=C\C/C=C\CCCCC. The molecule has 0 radical (unpaired) electrons. The van der Waals surface area contributed by atoms with E-state index in [1.54, 1.807) is 0 Å². The molecule has 6 heteroatoms. The van der Waals surface area contributed by atoms with E-state index >= 15 is 0 Å². The summed E-state index contributed by atoms with van der Waals surface area (Å²) in [5.41, 5.74) is 0. The molecule has 0 amide bonds. The van der Waals surface area contributed by atoms with E-state index in [-0.39, 0.29) is 31.1 Å². The molecular weight excluding hydrogens is 781 g/mol. The fraction of sp³-hybridized carbons (Fsp3) is 0.737. The van der Waals surface area contributed by atoms with Crippen molar-refractivity contribution in [3.8, 4) is 0 Å². The van der Waals surface area contributed by atoms with E-state index in [1.807, 2.05) is 0 Å². The number of allylic oxidation sites excluding steroid dienone is 12. The van der Waals surface area contributed by atoms with E-state index in [1.165, 1.54) is 103 Å². The summed E-state index contributed by atoms with van der Waals surface area (Å²) in [5.74, 6) is -0.939. The molecule has 1 unspecified atom stereocenters. The summed E-state index contributed by atoms with van der Waals surface area (Å²) in [6, 6.07) is 0. The highest BCUT2D eigenvalue weighted by molar-refractivity contribution is 5.71. The van der Waals surface area contributed by atoms with Gasteiger partial charge in [-0.25, -0.2) is 0 Å². The van der Waals surface area contributed by atoms with Crippen LogP contribution in [0.5, 0.6) is 0 Å². The number of hydrogen-bond donors (Lipinski definition) is 0. The molecule has 0 aromatic heterocycles. The predicted octanol–water partition coefficient (Wildman–Crippen LogP) is 17.4. The predicted molar refractivity (Wildman–Crippen MR) is 270 cm³/mol. The summed E-state index contributed by atoms with van der Waals surface area (Å²) < 4.78 is 16.8. The maximum absolute atomic E-state index is 12.8. The Bertz CT molecular complexity index is 1190. The zero-order valence-corrected chi connectivity index (χ0v) is 41.3. The van der Waals surface area contributed by atoms with Crippen LogP contribution in [0.2, 0.25) is 0 Å². The van der Waals surface area contributed by atoms with Gasteiger partial charge in [-0.2, -0.15) is 0 Å². The summed E-state index contributed by atoms with van der Waals surface area (Å²) in [7, 11) is 0. The van der Waals surface area contributed by atoms with Crippen molar-refractivity contribution in [3.63, 3.8) is 0 Å². The number of esters is 3. The Morgan fingerprint density at radius 3 is 1.03 bits per heavy atom. The van der Waals surface area contributed by atoms with Gasteiger partial charge in [-0.05, 0) is 109 Å². The maximum atomic E-state index is 12.8. The Kier molecular flexibility index (Phi) is 48.9. The van der Waals surface area contributed by atoms with Gasteiger partial charge in [0.05, 0.1) is 0 Å². The van der Waals surface area contributed by atoms with E-state index in [0.717, 1.165) is 109 Å². The summed E-state index contributed by atoms with van der Waals surface area (Å²) in [6.07, 6.45) is 64.6. The number of unbranched alkanes of at least 4 members (excludes halogenated alkanes) is 24. The molecule has 0 rings (SSSR count). The van der Waals surface area contributed by atoms with Gasteiger partial charge in [-0.15, -0.1) is 0 Å². The highest BCUT2D eigenvalue weighted by atomic mass is 16.6. The van der Waals surface area contributed by atoms with Crippen molar-refractivity contribution in [2.75, 3.05) is 13.2 Å². The Balaban J connectivity index is 4.43. The van der Waals surface area contributed by atoms with E-state index in [4.69, 9.17) is 14.2 Å². The van der Waals surface area contributed by atoms with E-state index in [0.29, 0.717) is 19.3 Å². The highest BCUT2D eigenvalue weighted by Crippen LogP contribution is 2.14.